The van der Waals surface area contributed by atoms with Crippen LogP contribution in [0.3, 0.4) is 0 Å². The molecule has 1 aromatic carbocycles. The van der Waals surface area contributed by atoms with Gasteiger partial charge in [-0.15, -0.1) is 11.3 Å². The number of benzene rings is 1. The van der Waals surface area contributed by atoms with E-state index in [-0.39, 0.29) is 5.91 Å². The fraction of sp³-hybridized carbons (Fsp3) is 0.400. The van der Waals surface area contributed by atoms with Gasteiger partial charge in [-0.1, -0.05) is 31.9 Å². The van der Waals surface area contributed by atoms with Gasteiger partial charge in [0.15, 0.2) is 0 Å². The zero-order chi connectivity index (χ0) is 18.7. The summed E-state index contributed by atoms with van der Waals surface area (Å²) in [6.45, 7) is 2.19. The molecule has 2 aromatic rings. The molecule has 0 fully saturated rings. The summed E-state index contributed by atoms with van der Waals surface area (Å²) >= 11 is 1.48. The average molecular weight is 372 g/mol. The van der Waals surface area contributed by atoms with Gasteiger partial charge < -0.3 is 15.8 Å². The predicted molar refractivity (Wildman–Crippen MR) is 104 cm³/mol. The second-order valence-corrected chi connectivity index (χ2v) is 7.73. The van der Waals surface area contributed by atoms with Crippen LogP contribution in [0.2, 0.25) is 0 Å². The van der Waals surface area contributed by atoms with E-state index < -0.39 is 5.91 Å². The molecule has 1 aliphatic carbocycles. The van der Waals surface area contributed by atoms with E-state index in [2.05, 4.69) is 12.2 Å². The number of carbonyl (C=O) groups excluding carboxylic acids is 2. The standard InChI is InChI=1S/C20H24N2O3S/c1-3-6-12-9-10-14-16(11-12)26-20(17(14)18(21)23)22-19(24)13-7-4-5-8-15(13)25-2/h4-5,7-8,12H,3,6,9-11H2,1-2H3,(H2,21,23)(H,22,24)/t12-/m1/s1. The number of fused-ring (bicyclic) bond motifs is 1. The third-order valence-corrected chi connectivity index (χ3v) is 6.06. The molecular weight excluding hydrogens is 348 g/mol. The van der Waals surface area contributed by atoms with Crippen molar-refractivity contribution >= 4 is 28.2 Å². The number of rotatable bonds is 6. The van der Waals surface area contributed by atoms with Crippen molar-refractivity contribution in [3.8, 4) is 5.75 Å². The molecule has 0 saturated heterocycles. The zero-order valence-electron chi connectivity index (χ0n) is 15.1. The lowest BCUT2D eigenvalue weighted by Gasteiger charge is -2.21. The Morgan fingerprint density at radius 3 is 2.81 bits per heavy atom. The van der Waals surface area contributed by atoms with Gasteiger partial charge in [-0.2, -0.15) is 0 Å². The van der Waals surface area contributed by atoms with Gasteiger partial charge in [-0.3, -0.25) is 9.59 Å². The molecule has 0 saturated carbocycles. The number of amides is 2. The fourth-order valence-electron chi connectivity index (χ4n) is 3.66. The number of thiophene rings is 1. The second kappa shape index (κ2) is 7.91. The lowest BCUT2D eigenvalue weighted by atomic mass is 9.84. The molecule has 0 radical (unpaired) electrons. The van der Waals surface area contributed by atoms with Gasteiger partial charge in [0.1, 0.15) is 10.8 Å². The molecule has 0 aliphatic heterocycles. The summed E-state index contributed by atoms with van der Waals surface area (Å²) < 4.78 is 5.26. The summed E-state index contributed by atoms with van der Waals surface area (Å²) in [5.41, 5.74) is 7.56. The van der Waals surface area contributed by atoms with E-state index in [1.54, 1.807) is 18.2 Å². The maximum absolute atomic E-state index is 12.7. The molecule has 1 atom stereocenters. The highest BCUT2D eigenvalue weighted by Gasteiger charge is 2.28. The van der Waals surface area contributed by atoms with Gasteiger partial charge in [-0.05, 0) is 42.9 Å². The summed E-state index contributed by atoms with van der Waals surface area (Å²) in [5, 5.41) is 3.44. The number of hydrogen-bond acceptors (Lipinski definition) is 4. The van der Waals surface area contributed by atoms with Crippen LogP contribution >= 0.6 is 11.3 Å². The maximum Gasteiger partial charge on any atom is 0.260 e. The summed E-state index contributed by atoms with van der Waals surface area (Å²) in [6.07, 6.45) is 5.22. The van der Waals surface area contributed by atoms with Crippen molar-refractivity contribution in [2.75, 3.05) is 12.4 Å². The monoisotopic (exact) mass is 372 g/mol. The Hall–Kier alpha value is -2.34. The van der Waals surface area contributed by atoms with Gasteiger partial charge >= 0.3 is 0 Å². The Morgan fingerprint density at radius 2 is 2.12 bits per heavy atom. The minimum atomic E-state index is -0.480. The van der Waals surface area contributed by atoms with E-state index in [1.165, 1.54) is 29.7 Å². The molecule has 3 rings (SSSR count). The molecule has 26 heavy (non-hydrogen) atoms. The first-order valence-corrected chi connectivity index (χ1v) is 9.75. The summed E-state index contributed by atoms with van der Waals surface area (Å²) in [7, 11) is 1.53. The smallest absolute Gasteiger partial charge is 0.260 e. The first kappa shape index (κ1) is 18.5. The van der Waals surface area contributed by atoms with Crippen LogP contribution in [0.4, 0.5) is 5.00 Å². The number of carbonyl (C=O) groups is 2. The molecule has 3 N–H and O–H groups in total. The van der Waals surface area contributed by atoms with Gasteiger partial charge in [0.05, 0.1) is 18.2 Å². The van der Waals surface area contributed by atoms with Crippen molar-refractivity contribution in [2.24, 2.45) is 11.7 Å². The van der Waals surface area contributed by atoms with Crippen LogP contribution in [0.25, 0.3) is 0 Å². The van der Waals surface area contributed by atoms with E-state index in [1.807, 2.05) is 6.07 Å². The quantitative estimate of drug-likeness (QED) is 0.804. The molecule has 2 amide bonds. The van der Waals surface area contributed by atoms with Gasteiger partial charge in [0.2, 0.25) is 0 Å². The fourth-order valence-corrected chi connectivity index (χ4v) is 5.02. The van der Waals surface area contributed by atoms with Crippen LogP contribution in [0.15, 0.2) is 24.3 Å². The number of anilines is 1. The molecule has 1 heterocycles. The summed E-state index contributed by atoms with van der Waals surface area (Å²) in [5.74, 6) is 0.361. The first-order valence-electron chi connectivity index (χ1n) is 8.93. The number of ether oxygens (including phenoxy) is 1. The third kappa shape index (κ3) is 3.60. The maximum atomic E-state index is 12.7. The molecule has 138 valence electrons. The SMILES string of the molecule is CCC[C@@H]1CCc2c(sc(NC(=O)c3ccccc3OC)c2C(N)=O)C1. The predicted octanol–water partition coefficient (Wildman–Crippen LogP) is 4.01. The molecule has 0 unspecified atom stereocenters. The zero-order valence-corrected chi connectivity index (χ0v) is 15.9. The summed E-state index contributed by atoms with van der Waals surface area (Å²) in [4.78, 5) is 25.9. The molecule has 0 spiro atoms. The van der Waals surface area contributed by atoms with Crippen molar-refractivity contribution in [3.63, 3.8) is 0 Å². The van der Waals surface area contributed by atoms with Crippen molar-refractivity contribution in [1.82, 2.24) is 0 Å². The molecule has 5 nitrogen and oxygen atoms in total. The molecule has 6 heteroatoms. The minimum Gasteiger partial charge on any atom is -0.496 e. The van der Waals surface area contributed by atoms with Crippen LogP contribution in [-0.4, -0.2) is 18.9 Å². The Balaban J connectivity index is 1.91. The highest BCUT2D eigenvalue weighted by atomic mass is 32.1. The number of nitrogens with two attached hydrogens (primary N) is 1. The van der Waals surface area contributed by atoms with Crippen LogP contribution in [0.5, 0.6) is 5.75 Å². The normalized spacial score (nSPS) is 16.0. The minimum absolute atomic E-state index is 0.298. The van der Waals surface area contributed by atoms with Crippen molar-refractivity contribution in [2.45, 2.75) is 39.0 Å². The van der Waals surface area contributed by atoms with E-state index in [0.29, 0.717) is 27.8 Å². The lowest BCUT2D eigenvalue weighted by molar-refractivity contribution is 0.1000. The van der Waals surface area contributed by atoms with Gasteiger partial charge in [-0.25, -0.2) is 0 Å². The van der Waals surface area contributed by atoms with Gasteiger partial charge in [0, 0.05) is 4.88 Å². The average Bonchev–Trinajstić information content (AvgIpc) is 2.99. The highest BCUT2D eigenvalue weighted by Crippen LogP contribution is 2.40. The van der Waals surface area contributed by atoms with Crippen molar-refractivity contribution in [3.05, 3.63) is 45.8 Å². The van der Waals surface area contributed by atoms with E-state index >= 15 is 0 Å². The Labute approximate surface area is 157 Å². The third-order valence-electron chi connectivity index (χ3n) is 4.89. The highest BCUT2D eigenvalue weighted by molar-refractivity contribution is 7.17. The lowest BCUT2D eigenvalue weighted by Crippen LogP contribution is -2.20. The second-order valence-electron chi connectivity index (χ2n) is 6.62. The first-order chi connectivity index (χ1) is 12.5. The Kier molecular flexibility index (Phi) is 5.61. The molecule has 1 aliphatic rings. The number of methoxy groups -OCH3 is 1. The van der Waals surface area contributed by atoms with Crippen LogP contribution < -0.4 is 15.8 Å². The molecule has 0 bridgehead atoms. The topological polar surface area (TPSA) is 81.4 Å². The Morgan fingerprint density at radius 1 is 1.35 bits per heavy atom. The van der Waals surface area contributed by atoms with Crippen LogP contribution in [0, 0.1) is 5.92 Å². The summed E-state index contributed by atoms with van der Waals surface area (Å²) in [6, 6.07) is 7.02. The van der Waals surface area contributed by atoms with Crippen LogP contribution in [0.1, 0.15) is 57.3 Å². The number of hydrogen-bond donors (Lipinski definition) is 2. The largest absolute Gasteiger partial charge is 0.496 e. The molecule has 1 aromatic heterocycles. The van der Waals surface area contributed by atoms with Crippen molar-refractivity contribution < 1.29 is 14.3 Å². The van der Waals surface area contributed by atoms with E-state index in [0.717, 1.165) is 31.2 Å². The van der Waals surface area contributed by atoms with Crippen molar-refractivity contribution in [1.29, 1.82) is 0 Å². The number of nitrogens with one attached hydrogen (secondary N) is 1. The van der Waals surface area contributed by atoms with Crippen LogP contribution in [-0.2, 0) is 12.8 Å². The van der Waals surface area contributed by atoms with E-state index in [9.17, 15) is 9.59 Å². The van der Waals surface area contributed by atoms with E-state index in [4.69, 9.17) is 10.5 Å². The molecular formula is C20H24N2O3S. The Bertz CT molecular complexity index is 828. The number of primary amides is 1. The van der Waals surface area contributed by atoms with Gasteiger partial charge in [0.25, 0.3) is 11.8 Å². The number of para-hydroxylation sites is 1.